The van der Waals surface area contributed by atoms with Gasteiger partial charge in [0.15, 0.2) is 0 Å². The third-order valence-corrected chi connectivity index (χ3v) is 3.98. The first kappa shape index (κ1) is 13.9. The molecular weight excluding hydrogens is 306 g/mol. The number of methoxy groups -OCH3 is 1. The second-order valence-corrected chi connectivity index (χ2v) is 5.33. The van der Waals surface area contributed by atoms with Crippen LogP contribution >= 0.6 is 15.9 Å². The predicted molar refractivity (Wildman–Crippen MR) is 80.7 cm³/mol. The molecule has 4 nitrogen and oxygen atoms in total. The predicted octanol–water partition coefficient (Wildman–Crippen LogP) is 3.42. The number of rotatable bonds is 4. The first-order valence-electron chi connectivity index (χ1n) is 6.09. The van der Waals surface area contributed by atoms with Crippen LogP contribution in [-0.4, -0.2) is 16.9 Å². The molecule has 19 heavy (non-hydrogen) atoms. The number of aromatic nitrogens is 2. The summed E-state index contributed by atoms with van der Waals surface area (Å²) in [6.07, 6.45) is 0. The van der Waals surface area contributed by atoms with Crippen LogP contribution < -0.4 is 10.1 Å². The molecule has 0 unspecified atom stereocenters. The third kappa shape index (κ3) is 2.92. The van der Waals surface area contributed by atoms with E-state index in [2.05, 4.69) is 33.3 Å². The Balaban J connectivity index is 2.18. The van der Waals surface area contributed by atoms with Crippen molar-refractivity contribution in [3.63, 3.8) is 0 Å². The van der Waals surface area contributed by atoms with Gasteiger partial charge in [0.2, 0.25) is 0 Å². The number of nitrogens with zero attached hydrogens (tertiary/aromatic N) is 2. The monoisotopic (exact) mass is 323 g/mol. The quantitative estimate of drug-likeness (QED) is 0.937. The fourth-order valence-corrected chi connectivity index (χ4v) is 2.41. The minimum atomic E-state index is 0.747. The van der Waals surface area contributed by atoms with Crippen LogP contribution in [-0.2, 0) is 13.6 Å². The summed E-state index contributed by atoms with van der Waals surface area (Å²) in [7, 11) is 3.63. The maximum atomic E-state index is 5.24. The van der Waals surface area contributed by atoms with Crippen LogP contribution in [0.3, 0.4) is 0 Å². The number of anilines is 1. The molecule has 0 bridgehead atoms. The Morgan fingerprint density at radius 2 is 2.11 bits per heavy atom. The molecule has 0 aliphatic rings. The zero-order valence-electron chi connectivity index (χ0n) is 11.6. The minimum absolute atomic E-state index is 0.747. The molecule has 0 radical (unpaired) electrons. The van der Waals surface area contributed by atoms with Crippen molar-refractivity contribution in [3.05, 3.63) is 39.6 Å². The van der Waals surface area contributed by atoms with Crippen molar-refractivity contribution >= 4 is 21.6 Å². The Bertz CT molecular complexity index is 593. The van der Waals surface area contributed by atoms with Gasteiger partial charge in [0.05, 0.1) is 18.5 Å². The lowest BCUT2D eigenvalue weighted by atomic mass is 10.2. The Labute approximate surface area is 121 Å². The molecule has 0 saturated heterocycles. The zero-order chi connectivity index (χ0) is 14.0. The van der Waals surface area contributed by atoms with Crippen LogP contribution in [0.2, 0.25) is 0 Å². The molecule has 1 heterocycles. The highest BCUT2D eigenvalue weighted by molar-refractivity contribution is 9.10. The number of aryl methyl sites for hydroxylation is 2. The maximum Gasteiger partial charge on any atom is 0.121 e. The molecule has 2 aromatic rings. The Kier molecular flexibility index (Phi) is 4.14. The highest BCUT2D eigenvalue weighted by atomic mass is 79.9. The van der Waals surface area contributed by atoms with E-state index < -0.39 is 0 Å². The van der Waals surface area contributed by atoms with Gasteiger partial charge in [-0.15, -0.1) is 0 Å². The molecule has 0 saturated carbocycles. The normalized spacial score (nSPS) is 10.6. The van der Waals surface area contributed by atoms with Crippen LogP contribution in [0.15, 0.2) is 22.7 Å². The highest BCUT2D eigenvalue weighted by Gasteiger charge is 2.10. The molecule has 0 aliphatic heterocycles. The Hall–Kier alpha value is -1.49. The van der Waals surface area contributed by atoms with Gasteiger partial charge >= 0.3 is 0 Å². The van der Waals surface area contributed by atoms with E-state index in [0.29, 0.717) is 0 Å². The largest absolute Gasteiger partial charge is 0.497 e. The summed E-state index contributed by atoms with van der Waals surface area (Å²) < 4.78 is 8.17. The Morgan fingerprint density at radius 1 is 1.37 bits per heavy atom. The first-order chi connectivity index (χ1) is 9.02. The summed E-state index contributed by atoms with van der Waals surface area (Å²) >= 11 is 3.54. The van der Waals surface area contributed by atoms with Crippen LogP contribution in [0.4, 0.5) is 5.69 Å². The van der Waals surface area contributed by atoms with Gasteiger partial charge in [-0.05, 0) is 41.9 Å². The van der Waals surface area contributed by atoms with Crippen molar-refractivity contribution in [1.29, 1.82) is 0 Å². The van der Waals surface area contributed by atoms with Crippen molar-refractivity contribution in [2.24, 2.45) is 7.05 Å². The smallest absolute Gasteiger partial charge is 0.121 e. The number of hydrogen-bond donors (Lipinski definition) is 1. The van der Waals surface area contributed by atoms with Crippen molar-refractivity contribution in [1.82, 2.24) is 9.78 Å². The van der Waals surface area contributed by atoms with Crippen LogP contribution in [0.5, 0.6) is 5.75 Å². The van der Waals surface area contributed by atoms with Gasteiger partial charge < -0.3 is 10.1 Å². The van der Waals surface area contributed by atoms with Gasteiger partial charge in [-0.3, -0.25) is 4.68 Å². The van der Waals surface area contributed by atoms with Gasteiger partial charge in [-0.25, -0.2) is 0 Å². The number of halogens is 1. The van der Waals surface area contributed by atoms with Gasteiger partial charge in [0, 0.05) is 35.4 Å². The van der Waals surface area contributed by atoms with E-state index in [0.717, 1.165) is 28.1 Å². The SMILES string of the molecule is COc1ccc(Br)c(NCc2c(C)nn(C)c2C)c1. The van der Waals surface area contributed by atoms with Crippen LogP contribution in [0.25, 0.3) is 0 Å². The molecule has 1 aromatic carbocycles. The van der Waals surface area contributed by atoms with E-state index in [1.807, 2.05) is 36.9 Å². The summed E-state index contributed by atoms with van der Waals surface area (Å²) in [5, 5.41) is 7.84. The van der Waals surface area contributed by atoms with Gasteiger partial charge in [0.25, 0.3) is 0 Å². The molecule has 0 fully saturated rings. The van der Waals surface area contributed by atoms with Gasteiger partial charge in [-0.1, -0.05) is 0 Å². The fourth-order valence-electron chi connectivity index (χ4n) is 2.02. The molecule has 1 N–H and O–H groups in total. The van der Waals surface area contributed by atoms with Crippen LogP contribution in [0.1, 0.15) is 17.0 Å². The molecule has 2 rings (SSSR count). The van der Waals surface area contributed by atoms with E-state index in [1.54, 1.807) is 7.11 Å². The molecule has 0 atom stereocenters. The van der Waals surface area contributed by atoms with Crippen molar-refractivity contribution in [3.8, 4) is 5.75 Å². The first-order valence-corrected chi connectivity index (χ1v) is 6.88. The number of benzene rings is 1. The van der Waals surface area contributed by atoms with Gasteiger partial charge in [-0.2, -0.15) is 5.10 Å². The molecule has 5 heteroatoms. The molecule has 0 spiro atoms. The summed E-state index contributed by atoms with van der Waals surface area (Å²) in [5.41, 5.74) is 4.50. The molecular formula is C14H18BrN3O. The third-order valence-electron chi connectivity index (χ3n) is 3.29. The standard InChI is InChI=1S/C14H18BrN3O/c1-9-12(10(2)18(3)17-9)8-16-14-7-11(19-4)5-6-13(14)15/h5-7,16H,8H2,1-4H3. The second-order valence-electron chi connectivity index (χ2n) is 4.47. The lowest BCUT2D eigenvalue weighted by Crippen LogP contribution is -2.03. The Morgan fingerprint density at radius 3 is 2.68 bits per heavy atom. The van der Waals surface area contributed by atoms with Crippen molar-refractivity contribution < 1.29 is 4.74 Å². The number of ether oxygens (including phenoxy) is 1. The fraction of sp³-hybridized carbons (Fsp3) is 0.357. The summed E-state index contributed by atoms with van der Waals surface area (Å²) in [5.74, 6) is 0.838. The average Bonchev–Trinajstić information content (AvgIpc) is 2.63. The summed E-state index contributed by atoms with van der Waals surface area (Å²) in [4.78, 5) is 0. The van der Waals surface area contributed by atoms with E-state index in [9.17, 15) is 0 Å². The summed E-state index contributed by atoms with van der Waals surface area (Å²) in [6.45, 7) is 4.86. The van der Waals surface area contributed by atoms with Crippen LogP contribution in [0, 0.1) is 13.8 Å². The lowest BCUT2D eigenvalue weighted by molar-refractivity contribution is 0.415. The van der Waals surface area contributed by atoms with Crippen molar-refractivity contribution in [2.45, 2.75) is 20.4 Å². The van der Waals surface area contributed by atoms with E-state index in [-0.39, 0.29) is 0 Å². The zero-order valence-corrected chi connectivity index (χ0v) is 13.2. The van der Waals surface area contributed by atoms with E-state index >= 15 is 0 Å². The maximum absolute atomic E-state index is 5.24. The number of nitrogens with one attached hydrogen (secondary N) is 1. The van der Waals surface area contributed by atoms with Crippen molar-refractivity contribution in [2.75, 3.05) is 12.4 Å². The topological polar surface area (TPSA) is 39.1 Å². The highest BCUT2D eigenvalue weighted by Crippen LogP contribution is 2.28. The average molecular weight is 324 g/mol. The van der Waals surface area contributed by atoms with E-state index in [1.165, 1.54) is 11.3 Å². The second kappa shape index (κ2) is 5.65. The minimum Gasteiger partial charge on any atom is -0.497 e. The molecule has 1 aromatic heterocycles. The summed E-state index contributed by atoms with van der Waals surface area (Å²) in [6, 6.07) is 5.88. The van der Waals surface area contributed by atoms with E-state index in [4.69, 9.17) is 4.74 Å². The van der Waals surface area contributed by atoms with Gasteiger partial charge in [0.1, 0.15) is 5.75 Å². The molecule has 0 amide bonds. The molecule has 0 aliphatic carbocycles. The lowest BCUT2D eigenvalue weighted by Gasteiger charge is -2.10. The molecule has 102 valence electrons. The number of hydrogen-bond acceptors (Lipinski definition) is 3.